The normalized spacial score (nSPS) is 12.9. The minimum atomic E-state index is 0.149. The molecular weight excluding hydrogens is 228 g/mol. The van der Waals surface area contributed by atoms with Gasteiger partial charge in [0.15, 0.2) is 0 Å². The van der Waals surface area contributed by atoms with E-state index in [2.05, 4.69) is 17.3 Å². The summed E-state index contributed by atoms with van der Waals surface area (Å²) in [7, 11) is 0. The van der Waals surface area contributed by atoms with Gasteiger partial charge in [-0.15, -0.1) is 11.3 Å². The highest BCUT2D eigenvalue weighted by atomic mass is 32.1. The summed E-state index contributed by atoms with van der Waals surface area (Å²) in [5, 5.41) is 3.22. The van der Waals surface area contributed by atoms with E-state index in [4.69, 9.17) is 5.73 Å². The first-order valence-corrected chi connectivity index (χ1v) is 7.79. The Balaban J connectivity index is 2.03. The van der Waals surface area contributed by atoms with Crippen molar-refractivity contribution >= 4 is 11.3 Å². The van der Waals surface area contributed by atoms with Crippen LogP contribution in [0.4, 0.5) is 0 Å². The molecule has 1 atom stereocenters. The number of unbranched alkanes of at least 4 members (excludes halogenated alkanes) is 6. The molecule has 1 heterocycles. The summed E-state index contributed by atoms with van der Waals surface area (Å²) >= 11 is 1.69. The van der Waals surface area contributed by atoms with E-state index in [1.165, 1.54) is 44.9 Å². The molecule has 0 amide bonds. The Morgan fingerprint density at radius 3 is 2.41 bits per heavy atom. The molecule has 1 rings (SSSR count). The fourth-order valence-corrected chi connectivity index (χ4v) is 2.70. The molecule has 0 saturated heterocycles. The Bertz CT molecular complexity index is 296. The van der Waals surface area contributed by atoms with Crippen LogP contribution >= 0.6 is 11.3 Å². The van der Waals surface area contributed by atoms with Crippen LogP contribution in [0.2, 0.25) is 0 Å². The lowest BCUT2D eigenvalue weighted by Gasteiger charge is -2.08. The van der Waals surface area contributed by atoms with Gasteiger partial charge in [-0.2, -0.15) is 0 Å². The lowest BCUT2D eigenvalue weighted by molar-refractivity contribution is 0.536. The number of aryl methyl sites for hydroxylation is 1. The smallest absolute Gasteiger partial charge is 0.0898 e. The number of thiazole rings is 1. The van der Waals surface area contributed by atoms with Crippen molar-refractivity contribution in [3.63, 3.8) is 0 Å². The highest BCUT2D eigenvalue weighted by Crippen LogP contribution is 2.19. The fourth-order valence-electron chi connectivity index (χ4n) is 2.02. The van der Waals surface area contributed by atoms with Gasteiger partial charge in [-0.25, -0.2) is 4.98 Å². The number of hydrogen-bond donors (Lipinski definition) is 1. The molecule has 0 fully saturated rings. The molecule has 0 saturated carbocycles. The van der Waals surface area contributed by atoms with Crippen LogP contribution in [0, 0.1) is 6.92 Å². The SMILES string of the molecule is CCCCCCCCCC(N)c1csc(C)n1. The van der Waals surface area contributed by atoms with Gasteiger partial charge in [0.2, 0.25) is 0 Å². The molecule has 0 radical (unpaired) electrons. The summed E-state index contributed by atoms with van der Waals surface area (Å²) in [4.78, 5) is 4.44. The molecular formula is C14H26N2S. The number of aromatic nitrogens is 1. The maximum Gasteiger partial charge on any atom is 0.0898 e. The van der Waals surface area contributed by atoms with E-state index in [1.54, 1.807) is 11.3 Å². The molecule has 1 aromatic rings. The average molecular weight is 254 g/mol. The van der Waals surface area contributed by atoms with Crippen molar-refractivity contribution < 1.29 is 0 Å². The van der Waals surface area contributed by atoms with Crippen molar-refractivity contribution in [2.24, 2.45) is 5.73 Å². The van der Waals surface area contributed by atoms with Gasteiger partial charge in [-0.1, -0.05) is 51.9 Å². The molecule has 0 aliphatic carbocycles. The van der Waals surface area contributed by atoms with Gasteiger partial charge in [0.25, 0.3) is 0 Å². The molecule has 2 nitrogen and oxygen atoms in total. The van der Waals surface area contributed by atoms with Crippen LogP contribution in [0.25, 0.3) is 0 Å². The topological polar surface area (TPSA) is 38.9 Å². The molecule has 17 heavy (non-hydrogen) atoms. The van der Waals surface area contributed by atoms with Gasteiger partial charge < -0.3 is 5.73 Å². The second-order valence-electron chi connectivity index (χ2n) is 4.81. The van der Waals surface area contributed by atoms with Crippen LogP contribution in [-0.4, -0.2) is 4.98 Å². The van der Waals surface area contributed by atoms with Crippen molar-refractivity contribution in [2.75, 3.05) is 0 Å². The van der Waals surface area contributed by atoms with Gasteiger partial charge in [0, 0.05) is 11.4 Å². The van der Waals surface area contributed by atoms with Crippen LogP contribution in [0.15, 0.2) is 5.38 Å². The third kappa shape index (κ3) is 6.18. The third-order valence-electron chi connectivity index (χ3n) is 3.14. The van der Waals surface area contributed by atoms with Crippen molar-refractivity contribution in [1.82, 2.24) is 4.98 Å². The van der Waals surface area contributed by atoms with Crippen molar-refractivity contribution in [2.45, 2.75) is 71.3 Å². The Labute approximate surface area is 110 Å². The first kappa shape index (κ1) is 14.7. The zero-order chi connectivity index (χ0) is 12.5. The zero-order valence-corrected chi connectivity index (χ0v) is 12.1. The highest BCUT2D eigenvalue weighted by Gasteiger charge is 2.08. The van der Waals surface area contributed by atoms with E-state index in [-0.39, 0.29) is 6.04 Å². The van der Waals surface area contributed by atoms with Gasteiger partial charge in [0.05, 0.1) is 10.7 Å². The molecule has 98 valence electrons. The largest absolute Gasteiger partial charge is 0.323 e. The Morgan fingerprint density at radius 1 is 1.18 bits per heavy atom. The van der Waals surface area contributed by atoms with Gasteiger partial charge in [-0.05, 0) is 13.3 Å². The summed E-state index contributed by atoms with van der Waals surface area (Å²) in [6.07, 6.45) is 10.5. The van der Waals surface area contributed by atoms with E-state index in [0.717, 1.165) is 17.1 Å². The van der Waals surface area contributed by atoms with Crippen LogP contribution in [0.1, 0.15) is 75.0 Å². The molecule has 1 unspecified atom stereocenters. The van der Waals surface area contributed by atoms with Crippen LogP contribution in [0.5, 0.6) is 0 Å². The standard InChI is InChI=1S/C14H26N2S/c1-3-4-5-6-7-8-9-10-13(15)14-11-17-12(2)16-14/h11,13H,3-10,15H2,1-2H3. The van der Waals surface area contributed by atoms with Gasteiger partial charge in [-0.3, -0.25) is 0 Å². The van der Waals surface area contributed by atoms with Crippen molar-refractivity contribution in [1.29, 1.82) is 0 Å². The first-order chi connectivity index (χ1) is 8.24. The molecule has 0 aliphatic rings. The Kier molecular flexibility index (Phi) is 7.45. The zero-order valence-electron chi connectivity index (χ0n) is 11.2. The van der Waals surface area contributed by atoms with E-state index in [1.807, 2.05) is 6.92 Å². The fraction of sp³-hybridized carbons (Fsp3) is 0.786. The first-order valence-electron chi connectivity index (χ1n) is 6.91. The molecule has 0 spiro atoms. The van der Waals surface area contributed by atoms with E-state index in [9.17, 15) is 0 Å². The molecule has 1 aromatic heterocycles. The summed E-state index contributed by atoms with van der Waals surface area (Å²) in [5.41, 5.74) is 7.20. The molecule has 0 aromatic carbocycles. The minimum absolute atomic E-state index is 0.149. The maximum atomic E-state index is 6.11. The van der Waals surface area contributed by atoms with Gasteiger partial charge >= 0.3 is 0 Å². The van der Waals surface area contributed by atoms with E-state index < -0.39 is 0 Å². The highest BCUT2D eigenvalue weighted by molar-refractivity contribution is 7.09. The predicted molar refractivity (Wildman–Crippen MR) is 76.4 cm³/mol. The van der Waals surface area contributed by atoms with E-state index in [0.29, 0.717) is 0 Å². The second kappa shape index (κ2) is 8.65. The summed E-state index contributed by atoms with van der Waals surface area (Å²) < 4.78 is 0. The summed E-state index contributed by atoms with van der Waals surface area (Å²) in [6.45, 7) is 4.30. The number of nitrogens with two attached hydrogens (primary N) is 1. The summed E-state index contributed by atoms with van der Waals surface area (Å²) in [5.74, 6) is 0. The van der Waals surface area contributed by atoms with E-state index >= 15 is 0 Å². The summed E-state index contributed by atoms with van der Waals surface area (Å²) in [6, 6.07) is 0.149. The minimum Gasteiger partial charge on any atom is -0.323 e. The monoisotopic (exact) mass is 254 g/mol. The van der Waals surface area contributed by atoms with Crippen LogP contribution in [-0.2, 0) is 0 Å². The second-order valence-corrected chi connectivity index (χ2v) is 5.87. The molecule has 2 N–H and O–H groups in total. The predicted octanol–water partition coefficient (Wildman–Crippen LogP) is 4.59. The average Bonchev–Trinajstić information content (AvgIpc) is 2.74. The third-order valence-corrected chi connectivity index (χ3v) is 3.93. The van der Waals surface area contributed by atoms with Crippen LogP contribution in [0.3, 0.4) is 0 Å². The maximum absolute atomic E-state index is 6.11. The lowest BCUT2D eigenvalue weighted by atomic mass is 10.0. The molecule has 3 heteroatoms. The number of nitrogens with zero attached hydrogens (tertiary/aromatic N) is 1. The Hall–Kier alpha value is -0.410. The van der Waals surface area contributed by atoms with Gasteiger partial charge in [0.1, 0.15) is 0 Å². The molecule has 0 bridgehead atoms. The number of hydrogen-bond acceptors (Lipinski definition) is 3. The quantitative estimate of drug-likeness (QED) is 0.654. The number of rotatable bonds is 9. The lowest BCUT2D eigenvalue weighted by Crippen LogP contribution is -2.10. The van der Waals surface area contributed by atoms with Crippen LogP contribution < -0.4 is 5.73 Å². The Morgan fingerprint density at radius 2 is 1.82 bits per heavy atom. The van der Waals surface area contributed by atoms with Crippen molar-refractivity contribution in [3.8, 4) is 0 Å². The van der Waals surface area contributed by atoms with Crippen molar-refractivity contribution in [3.05, 3.63) is 16.1 Å². The molecule has 0 aliphatic heterocycles.